The summed E-state index contributed by atoms with van der Waals surface area (Å²) in [7, 11) is 0. The number of carboxylic acid groups (broad SMARTS) is 1. The van der Waals surface area contributed by atoms with Crippen LogP contribution in [0.1, 0.15) is 11.1 Å². The fourth-order valence-corrected chi connectivity index (χ4v) is 1.61. The molecule has 0 saturated heterocycles. The van der Waals surface area contributed by atoms with Crippen molar-refractivity contribution in [3.8, 4) is 6.07 Å². The zero-order chi connectivity index (χ0) is 12.4. The number of carbonyl (C=O) groups excluding carboxylic acids is 1. The predicted molar refractivity (Wildman–Crippen MR) is 56.0 cm³/mol. The van der Waals surface area contributed by atoms with Crippen molar-refractivity contribution in [2.45, 2.75) is 6.54 Å². The Labute approximate surface area is 96.3 Å². The van der Waals surface area contributed by atoms with Crippen LogP contribution in [-0.4, -0.2) is 33.5 Å². The normalized spacial score (nSPS) is 13.6. The monoisotopic (exact) mass is 232 g/mol. The molecule has 1 aliphatic rings. The van der Waals surface area contributed by atoms with E-state index in [1.165, 1.54) is 12.4 Å². The minimum absolute atomic E-state index is 0.0961. The van der Waals surface area contributed by atoms with Gasteiger partial charge in [-0.1, -0.05) is 0 Å². The second kappa shape index (κ2) is 4.09. The van der Waals surface area contributed by atoms with Gasteiger partial charge in [-0.3, -0.25) is 9.78 Å². The molecule has 1 aliphatic heterocycles. The number of rotatable bonds is 2. The van der Waals surface area contributed by atoms with Crippen molar-refractivity contribution in [3.05, 3.63) is 23.5 Å². The van der Waals surface area contributed by atoms with Gasteiger partial charge in [0.2, 0.25) is 0 Å². The highest BCUT2D eigenvalue weighted by Crippen LogP contribution is 2.24. The molecule has 0 radical (unpaired) electrons. The molecule has 0 fully saturated rings. The number of carbonyl (C=O) groups is 2. The summed E-state index contributed by atoms with van der Waals surface area (Å²) < 4.78 is 0. The Kier molecular flexibility index (Phi) is 2.62. The zero-order valence-corrected chi connectivity index (χ0v) is 8.67. The maximum Gasteiger partial charge on any atom is 0.323 e. The predicted octanol–water partition coefficient (Wildman–Crippen LogP) is 0.385. The molecule has 1 aromatic rings. The van der Waals surface area contributed by atoms with Crippen molar-refractivity contribution in [3.63, 3.8) is 0 Å². The van der Waals surface area contributed by atoms with Gasteiger partial charge in [0, 0.05) is 11.8 Å². The van der Waals surface area contributed by atoms with Crippen molar-refractivity contribution in [1.82, 2.24) is 9.88 Å². The first-order chi connectivity index (χ1) is 8.11. The van der Waals surface area contributed by atoms with Crippen LogP contribution in [0.15, 0.2) is 12.4 Å². The summed E-state index contributed by atoms with van der Waals surface area (Å²) in [6.07, 6.45) is 2.82. The first-order valence-electron chi connectivity index (χ1n) is 4.76. The summed E-state index contributed by atoms with van der Waals surface area (Å²) >= 11 is 0. The number of hydrogen-bond donors (Lipinski definition) is 2. The third kappa shape index (κ3) is 2.01. The van der Waals surface area contributed by atoms with Gasteiger partial charge in [-0.2, -0.15) is 5.26 Å². The van der Waals surface area contributed by atoms with Crippen LogP contribution in [0.5, 0.6) is 0 Å². The molecular formula is C10H8N4O3. The van der Waals surface area contributed by atoms with Crippen molar-refractivity contribution >= 4 is 17.7 Å². The highest BCUT2D eigenvalue weighted by Gasteiger charge is 2.26. The molecule has 2 heterocycles. The summed E-state index contributed by atoms with van der Waals surface area (Å²) in [5.74, 6) is -1.10. The van der Waals surface area contributed by atoms with Crippen LogP contribution in [0, 0.1) is 11.3 Å². The maximum atomic E-state index is 11.5. The number of amides is 2. The van der Waals surface area contributed by atoms with Gasteiger partial charge < -0.3 is 15.3 Å². The Morgan fingerprint density at radius 2 is 2.41 bits per heavy atom. The molecule has 0 aliphatic carbocycles. The second-order valence-corrected chi connectivity index (χ2v) is 3.50. The lowest BCUT2D eigenvalue weighted by molar-refractivity contribution is -0.137. The molecule has 0 bridgehead atoms. The van der Waals surface area contributed by atoms with E-state index in [-0.39, 0.29) is 6.54 Å². The standard InChI is InChI=1S/C10H8N4O3/c11-1-6-2-12-3-8-7(6)4-14(5-9(15)16)10(17)13-8/h2-3H,4-5H2,(H,13,17)(H,15,16). The molecule has 0 aromatic carbocycles. The molecule has 7 heteroatoms. The van der Waals surface area contributed by atoms with Gasteiger partial charge in [-0.15, -0.1) is 0 Å². The van der Waals surface area contributed by atoms with Crippen LogP contribution in [0.25, 0.3) is 0 Å². The van der Waals surface area contributed by atoms with Crippen molar-refractivity contribution in [2.24, 2.45) is 0 Å². The van der Waals surface area contributed by atoms with Crippen molar-refractivity contribution < 1.29 is 14.7 Å². The van der Waals surface area contributed by atoms with E-state index >= 15 is 0 Å². The van der Waals surface area contributed by atoms with E-state index in [0.29, 0.717) is 16.8 Å². The van der Waals surface area contributed by atoms with E-state index in [2.05, 4.69) is 10.3 Å². The summed E-state index contributed by atoms with van der Waals surface area (Å²) in [5, 5.41) is 20.0. The van der Waals surface area contributed by atoms with E-state index in [1.54, 1.807) is 0 Å². The van der Waals surface area contributed by atoms with Gasteiger partial charge in [0.1, 0.15) is 12.6 Å². The Morgan fingerprint density at radius 3 is 3.06 bits per heavy atom. The van der Waals surface area contributed by atoms with Crippen LogP contribution in [-0.2, 0) is 11.3 Å². The maximum absolute atomic E-state index is 11.5. The van der Waals surface area contributed by atoms with Crippen LogP contribution in [0.2, 0.25) is 0 Å². The number of anilines is 1. The number of urea groups is 1. The highest BCUT2D eigenvalue weighted by atomic mass is 16.4. The van der Waals surface area contributed by atoms with Crippen LogP contribution in [0.3, 0.4) is 0 Å². The smallest absolute Gasteiger partial charge is 0.323 e. The van der Waals surface area contributed by atoms with Gasteiger partial charge in [-0.25, -0.2) is 4.79 Å². The number of carboxylic acids is 1. The van der Waals surface area contributed by atoms with Gasteiger partial charge in [0.15, 0.2) is 0 Å². The minimum Gasteiger partial charge on any atom is -0.480 e. The number of fused-ring (bicyclic) bond motifs is 1. The van der Waals surface area contributed by atoms with E-state index in [0.717, 1.165) is 4.90 Å². The lowest BCUT2D eigenvalue weighted by Crippen LogP contribution is -2.41. The Morgan fingerprint density at radius 1 is 1.65 bits per heavy atom. The molecule has 1 aromatic heterocycles. The number of pyridine rings is 1. The van der Waals surface area contributed by atoms with Crippen LogP contribution < -0.4 is 5.32 Å². The summed E-state index contributed by atoms with van der Waals surface area (Å²) in [4.78, 5) is 27.0. The van der Waals surface area contributed by atoms with Gasteiger partial charge >= 0.3 is 12.0 Å². The van der Waals surface area contributed by atoms with Crippen molar-refractivity contribution in [1.29, 1.82) is 5.26 Å². The molecule has 0 unspecified atom stereocenters. The molecule has 0 spiro atoms. The average Bonchev–Trinajstić information content (AvgIpc) is 2.28. The molecule has 2 amide bonds. The number of aliphatic carboxylic acids is 1. The number of nitriles is 1. The van der Waals surface area contributed by atoms with Crippen molar-refractivity contribution in [2.75, 3.05) is 11.9 Å². The summed E-state index contributed by atoms with van der Waals surface area (Å²) in [6.45, 7) is -0.308. The van der Waals surface area contributed by atoms with Gasteiger partial charge in [0.05, 0.1) is 24.0 Å². The number of nitrogens with one attached hydrogen (secondary N) is 1. The molecule has 0 atom stereocenters. The summed E-state index contributed by atoms with van der Waals surface area (Å²) in [5.41, 5.74) is 1.37. The Balaban J connectivity index is 2.35. The quantitative estimate of drug-likeness (QED) is 0.766. The highest BCUT2D eigenvalue weighted by molar-refractivity contribution is 5.94. The fraction of sp³-hybridized carbons (Fsp3) is 0.200. The summed E-state index contributed by atoms with van der Waals surface area (Å²) in [6, 6.07) is 1.45. The lowest BCUT2D eigenvalue weighted by Gasteiger charge is -2.28. The first-order valence-corrected chi connectivity index (χ1v) is 4.76. The number of nitrogens with zero attached hydrogens (tertiary/aromatic N) is 3. The molecule has 17 heavy (non-hydrogen) atoms. The first kappa shape index (κ1) is 10.9. The topological polar surface area (TPSA) is 106 Å². The van der Waals surface area contributed by atoms with E-state index in [9.17, 15) is 9.59 Å². The SMILES string of the molecule is N#Cc1cncc2c1CN(CC(=O)O)C(=O)N2. The lowest BCUT2D eigenvalue weighted by atomic mass is 10.1. The molecule has 7 nitrogen and oxygen atoms in total. The number of aromatic nitrogens is 1. The molecular weight excluding hydrogens is 224 g/mol. The van der Waals surface area contributed by atoms with Crippen LogP contribution in [0.4, 0.5) is 10.5 Å². The molecule has 2 N–H and O–H groups in total. The average molecular weight is 232 g/mol. The van der Waals surface area contributed by atoms with E-state index in [4.69, 9.17) is 10.4 Å². The molecule has 0 saturated carbocycles. The van der Waals surface area contributed by atoms with Gasteiger partial charge in [-0.05, 0) is 0 Å². The fourth-order valence-electron chi connectivity index (χ4n) is 1.61. The van der Waals surface area contributed by atoms with Gasteiger partial charge in [0.25, 0.3) is 0 Å². The second-order valence-electron chi connectivity index (χ2n) is 3.50. The molecule has 2 rings (SSSR count). The zero-order valence-electron chi connectivity index (χ0n) is 8.67. The minimum atomic E-state index is -1.10. The third-order valence-electron chi connectivity index (χ3n) is 2.38. The third-order valence-corrected chi connectivity index (χ3v) is 2.38. The largest absolute Gasteiger partial charge is 0.480 e. The Hall–Kier alpha value is -2.62. The molecule has 86 valence electrons. The van der Waals surface area contributed by atoms with Crippen LogP contribution >= 0.6 is 0 Å². The Bertz CT molecular complexity index is 535. The van der Waals surface area contributed by atoms with E-state index < -0.39 is 18.5 Å². The van der Waals surface area contributed by atoms with E-state index in [1.807, 2.05) is 6.07 Å². The number of hydrogen-bond acceptors (Lipinski definition) is 4.